The Morgan fingerprint density at radius 1 is 0.893 bits per heavy atom. The van der Waals surface area contributed by atoms with Crippen LogP contribution in [0.4, 0.5) is 4.79 Å². The Bertz CT molecular complexity index is 1310. The van der Waals surface area contributed by atoms with Crippen molar-refractivity contribution in [2.45, 2.75) is 126 Å². The van der Waals surface area contributed by atoms with Crippen molar-refractivity contribution in [2.75, 3.05) is 58.0 Å². The first kappa shape index (κ1) is 49.8. The van der Waals surface area contributed by atoms with Crippen LogP contribution in [0.5, 0.6) is 5.75 Å². The summed E-state index contributed by atoms with van der Waals surface area (Å²) in [6.07, 6.45) is 1.63. The number of hydrogen-bond donors (Lipinski definition) is 3. The lowest BCUT2D eigenvalue weighted by molar-refractivity contribution is -0.127. The maximum absolute atomic E-state index is 14.1. The zero-order valence-electron chi connectivity index (χ0n) is 37.1. The maximum atomic E-state index is 14.1. The number of methoxy groups -OCH3 is 1. The number of ether oxygens (including phenoxy) is 3. The van der Waals surface area contributed by atoms with Crippen LogP contribution in [0.1, 0.15) is 105 Å². The number of unbranched alkanes of at least 4 members (excludes halogenated alkanes) is 1. The number of carbonyl (C=O) groups excluding carboxylic acids is 3. The second-order valence-corrected chi connectivity index (χ2v) is 21.9. The molecule has 0 bridgehead atoms. The summed E-state index contributed by atoms with van der Waals surface area (Å²) in [7, 11) is 0.0000728. The van der Waals surface area contributed by atoms with Crippen LogP contribution in [0.25, 0.3) is 0 Å². The average molecular weight is 823 g/mol. The number of rotatable bonds is 23. The van der Waals surface area contributed by atoms with E-state index < -0.39 is 33.0 Å². The van der Waals surface area contributed by atoms with Gasteiger partial charge in [-0.3, -0.25) is 14.5 Å². The number of amides is 3. The van der Waals surface area contributed by atoms with Crippen molar-refractivity contribution in [1.29, 1.82) is 0 Å². The summed E-state index contributed by atoms with van der Waals surface area (Å²) in [5.74, 6) is 2.15. The van der Waals surface area contributed by atoms with Crippen LogP contribution in [0.3, 0.4) is 0 Å². The van der Waals surface area contributed by atoms with E-state index in [2.05, 4.69) is 82.4 Å². The molecule has 0 aliphatic carbocycles. The third-order valence-corrected chi connectivity index (χ3v) is 12.2. The molecule has 5 atom stereocenters. The Balaban J connectivity index is 2.47. The number of nitrogens with one attached hydrogen (secondary N) is 3. The molecule has 0 spiro atoms. The van der Waals surface area contributed by atoms with E-state index in [4.69, 9.17) is 18.6 Å². The van der Waals surface area contributed by atoms with Crippen LogP contribution < -0.4 is 20.7 Å². The van der Waals surface area contributed by atoms with Crippen LogP contribution >= 0.6 is 11.8 Å². The summed E-state index contributed by atoms with van der Waals surface area (Å²) in [4.78, 5) is 44.1. The predicted molar refractivity (Wildman–Crippen MR) is 233 cm³/mol. The van der Waals surface area contributed by atoms with E-state index >= 15 is 0 Å². The summed E-state index contributed by atoms with van der Waals surface area (Å²) >= 11 is 1.98. The minimum atomic E-state index is -1.68. The monoisotopic (exact) mass is 823 g/mol. The molecular formula is C43H78N4O7SSi. The second-order valence-electron chi connectivity index (χ2n) is 18.3. The van der Waals surface area contributed by atoms with Crippen molar-refractivity contribution in [3.8, 4) is 5.75 Å². The molecule has 1 unspecified atom stereocenters. The van der Waals surface area contributed by atoms with Gasteiger partial charge in [0.2, 0.25) is 5.91 Å². The van der Waals surface area contributed by atoms with E-state index in [1.165, 1.54) is 0 Å². The molecule has 11 nitrogen and oxygen atoms in total. The van der Waals surface area contributed by atoms with Crippen LogP contribution in [0.15, 0.2) is 24.3 Å². The predicted octanol–water partition coefficient (Wildman–Crippen LogP) is 7.59. The lowest BCUT2D eigenvalue weighted by Gasteiger charge is -2.43. The molecule has 56 heavy (non-hydrogen) atoms. The maximum Gasteiger partial charge on any atom is 0.407 e. The van der Waals surface area contributed by atoms with E-state index in [-0.39, 0.29) is 46.8 Å². The van der Waals surface area contributed by atoms with E-state index in [0.717, 1.165) is 44.0 Å². The fourth-order valence-electron chi connectivity index (χ4n) is 7.24. The quantitative estimate of drug-likeness (QED) is 0.0582. The third-order valence-electron chi connectivity index (χ3n) is 10.4. The van der Waals surface area contributed by atoms with Gasteiger partial charge in [-0.15, -0.1) is 0 Å². The first-order valence-electron chi connectivity index (χ1n) is 21.0. The molecule has 1 heterocycles. The summed E-state index contributed by atoms with van der Waals surface area (Å²) in [5.41, 5.74) is -0.549. The standard InChI is InChI=1S/C43H78N4O7SSi/c1-30(2)33(38(48)44-20-21-47-22-26-55-27-23-47)28-35(42(5,6)7)36(45-41(50)53-43(8,9)10)29-34(31(3)4)40(54-56(12)13)46-39(49)32-18-14-15-19-37(32)52-25-17-16-24-51-11/h14-15,18-19,30-31,33-36,40,56H,16-17,20-29H2,1-13H3,(H,44,48)(H,45,50)(H,46,49)/t33-,34-,35+,36-,40?/m0/s1. The Morgan fingerprint density at radius 2 is 1.54 bits per heavy atom. The van der Waals surface area contributed by atoms with Crippen LogP contribution in [-0.4, -0.2) is 108 Å². The SMILES string of the molecule is COCCCCOc1ccccc1C(=O)NC(O[SiH](C)C)[C@@H](C[C@H](NC(=O)OC(C)(C)C)[C@@H](C[C@H](C(=O)NCCN1CCSCC1)C(C)C)C(C)(C)C)C(C)C. The molecule has 2 rings (SSSR count). The number of benzene rings is 1. The number of hydrogen-bond acceptors (Lipinski definition) is 9. The normalized spacial score (nSPS) is 16.9. The lowest BCUT2D eigenvalue weighted by atomic mass is 9.67. The molecule has 1 aromatic rings. The van der Waals surface area contributed by atoms with Gasteiger partial charge in [-0.1, -0.05) is 60.6 Å². The number of para-hydroxylation sites is 1. The van der Waals surface area contributed by atoms with Gasteiger partial charge in [-0.05, 0) is 94.8 Å². The molecule has 0 radical (unpaired) electrons. The highest BCUT2D eigenvalue weighted by Crippen LogP contribution is 2.40. The van der Waals surface area contributed by atoms with Crippen molar-refractivity contribution in [1.82, 2.24) is 20.9 Å². The fraction of sp³-hybridized carbons (Fsp3) is 0.791. The van der Waals surface area contributed by atoms with Crippen molar-refractivity contribution in [2.24, 2.45) is 35.0 Å². The zero-order valence-corrected chi connectivity index (χ0v) is 39.1. The first-order valence-corrected chi connectivity index (χ1v) is 24.9. The van der Waals surface area contributed by atoms with Crippen LogP contribution in [-0.2, 0) is 18.7 Å². The Kier molecular flexibility index (Phi) is 21.9. The number of thioether (sulfide) groups is 1. The van der Waals surface area contributed by atoms with Crippen molar-refractivity contribution >= 4 is 38.7 Å². The van der Waals surface area contributed by atoms with E-state index in [9.17, 15) is 14.4 Å². The highest BCUT2D eigenvalue weighted by Gasteiger charge is 2.41. The van der Waals surface area contributed by atoms with Crippen molar-refractivity contribution < 1.29 is 33.0 Å². The molecule has 1 aliphatic heterocycles. The summed E-state index contributed by atoms with van der Waals surface area (Å²) < 4.78 is 23.8. The Labute approximate surface area is 346 Å². The van der Waals surface area contributed by atoms with Crippen molar-refractivity contribution in [3.63, 3.8) is 0 Å². The summed E-state index contributed by atoms with van der Waals surface area (Å²) in [5, 5.41) is 9.81. The van der Waals surface area contributed by atoms with E-state index in [1.807, 2.05) is 50.7 Å². The average Bonchev–Trinajstić information content (AvgIpc) is 3.08. The third kappa shape index (κ3) is 18.5. The van der Waals surface area contributed by atoms with Gasteiger partial charge >= 0.3 is 6.09 Å². The number of carbonyl (C=O) groups is 3. The smallest absolute Gasteiger partial charge is 0.407 e. The van der Waals surface area contributed by atoms with E-state index in [1.54, 1.807) is 13.2 Å². The van der Waals surface area contributed by atoms with Gasteiger partial charge in [0.15, 0.2) is 9.04 Å². The van der Waals surface area contributed by atoms with Gasteiger partial charge in [0.25, 0.3) is 5.91 Å². The van der Waals surface area contributed by atoms with Crippen LogP contribution in [0, 0.1) is 35.0 Å². The molecule has 1 aliphatic rings. The Hall–Kier alpha value is -2.32. The first-order chi connectivity index (χ1) is 26.2. The Morgan fingerprint density at radius 3 is 2.11 bits per heavy atom. The topological polar surface area (TPSA) is 127 Å². The second kappa shape index (κ2) is 24.6. The number of alkyl carbamates (subject to hydrolysis) is 1. The summed E-state index contributed by atoms with van der Waals surface area (Å²) in [6, 6.07) is 6.91. The molecule has 1 saturated heterocycles. The molecule has 1 aromatic carbocycles. The summed E-state index contributed by atoms with van der Waals surface area (Å²) in [6.45, 7) is 29.5. The largest absolute Gasteiger partial charge is 0.493 e. The molecule has 3 amide bonds. The number of nitrogens with zero attached hydrogens (tertiary/aromatic N) is 1. The minimum Gasteiger partial charge on any atom is -0.493 e. The highest BCUT2D eigenvalue weighted by molar-refractivity contribution is 7.99. The molecular weight excluding hydrogens is 745 g/mol. The van der Waals surface area contributed by atoms with Crippen LogP contribution in [0.2, 0.25) is 13.1 Å². The molecule has 1 fully saturated rings. The van der Waals surface area contributed by atoms with Crippen molar-refractivity contribution in [3.05, 3.63) is 29.8 Å². The van der Waals surface area contributed by atoms with Gasteiger partial charge in [-0.25, -0.2) is 4.79 Å². The fourth-order valence-corrected chi connectivity index (χ4v) is 9.08. The molecule has 13 heteroatoms. The van der Waals surface area contributed by atoms with E-state index in [0.29, 0.717) is 43.9 Å². The highest BCUT2D eigenvalue weighted by atomic mass is 32.2. The molecule has 0 saturated carbocycles. The zero-order chi connectivity index (χ0) is 42.1. The van der Waals surface area contributed by atoms with Gasteiger partial charge in [-0.2, -0.15) is 11.8 Å². The molecule has 3 N–H and O–H groups in total. The van der Waals surface area contributed by atoms with Gasteiger partial charge in [0, 0.05) is 69.3 Å². The van der Waals surface area contributed by atoms with Gasteiger partial charge < -0.3 is 34.6 Å². The minimum absolute atomic E-state index is 0.0518. The van der Waals surface area contributed by atoms with Gasteiger partial charge in [0.05, 0.1) is 12.2 Å². The lowest BCUT2D eigenvalue weighted by Crippen LogP contribution is -2.53. The molecule has 0 aromatic heterocycles. The van der Waals surface area contributed by atoms with Gasteiger partial charge in [0.1, 0.15) is 17.6 Å². The molecule has 322 valence electrons.